The molecule has 0 amide bonds. The molecule has 8 heteroatoms. The molecule has 2 heterocycles. The van der Waals surface area contributed by atoms with Crippen LogP contribution in [0.15, 0.2) is 36.7 Å². The fourth-order valence-corrected chi connectivity index (χ4v) is 1.42. The topological polar surface area (TPSA) is 115 Å². The molecule has 2 aromatic heterocycles. The van der Waals surface area contributed by atoms with E-state index in [2.05, 4.69) is 9.97 Å². The summed E-state index contributed by atoms with van der Waals surface area (Å²) in [6, 6.07) is 5.80. The summed E-state index contributed by atoms with van der Waals surface area (Å²) in [6.45, 7) is -0.0214. The summed E-state index contributed by atoms with van der Waals surface area (Å²) in [7, 11) is 0. The largest absolute Gasteiger partial charge is 0.479 e. The molecule has 0 saturated carbocycles. The van der Waals surface area contributed by atoms with Crippen LogP contribution in [0.1, 0.15) is 16.1 Å². The van der Waals surface area contributed by atoms with E-state index in [1.165, 1.54) is 36.7 Å². The minimum atomic E-state index is -1.08. The highest BCUT2D eigenvalue weighted by Gasteiger charge is 2.15. The van der Waals surface area contributed by atoms with Crippen LogP contribution in [-0.2, 0) is 6.61 Å². The quantitative estimate of drug-likeness (QED) is 0.651. The summed E-state index contributed by atoms with van der Waals surface area (Å²) >= 11 is 0. The molecule has 2 aromatic rings. The standard InChI is InChI=1S/C12H9N3O5/c16-12(17)8-3-4-9(14-6-8)7-20-10-2-1-5-13-11(10)15(18)19/h1-6H,7H2,(H,16,17). The van der Waals surface area contributed by atoms with Gasteiger partial charge >= 0.3 is 11.8 Å². The Balaban J connectivity index is 2.09. The van der Waals surface area contributed by atoms with Crippen molar-refractivity contribution < 1.29 is 19.6 Å². The second-order valence-corrected chi connectivity index (χ2v) is 3.71. The van der Waals surface area contributed by atoms with Crippen LogP contribution in [0.25, 0.3) is 0 Å². The lowest BCUT2D eigenvalue weighted by molar-refractivity contribution is -0.390. The minimum Gasteiger partial charge on any atom is -0.479 e. The first-order valence-corrected chi connectivity index (χ1v) is 5.48. The minimum absolute atomic E-state index is 0.0214. The van der Waals surface area contributed by atoms with Gasteiger partial charge in [-0.1, -0.05) is 0 Å². The van der Waals surface area contributed by atoms with Gasteiger partial charge in [0, 0.05) is 6.20 Å². The molecule has 0 bridgehead atoms. The highest BCUT2D eigenvalue weighted by atomic mass is 16.6. The van der Waals surface area contributed by atoms with E-state index in [-0.39, 0.29) is 23.7 Å². The predicted octanol–water partition coefficient (Wildman–Crippen LogP) is 1.66. The Morgan fingerprint density at radius 2 is 2.15 bits per heavy atom. The first-order valence-electron chi connectivity index (χ1n) is 5.48. The van der Waals surface area contributed by atoms with Crippen LogP contribution in [0.4, 0.5) is 5.82 Å². The third-order valence-corrected chi connectivity index (χ3v) is 2.37. The number of aromatic nitrogens is 2. The summed E-state index contributed by atoms with van der Waals surface area (Å²) < 4.78 is 5.27. The van der Waals surface area contributed by atoms with Crippen molar-refractivity contribution in [1.82, 2.24) is 9.97 Å². The highest BCUT2D eigenvalue weighted by molar-refractivity contribution is 5.87. The summed E-state index contributed by atoms with van der Waals surface area (Å²) in [5, 5.41) is 19.5. The number of ether oxygens (including phenoxy) is 1. The Labute approximate surface area is 112 Å². The van der Waals surface area contributed by atoms with Crippen LogP contribution >= 0.6 is 0 Å². The average molecular weight is 275 g/mol. The number of carbonyl (C=O) groups is 1. The van der Waals surface area contributed by atoms with Gasteiger partial charge in [0.15, 0.2) is 0 Å². The van der Waals surface area contributed by atoms with Crippen molar-refractivity contribution in [3.8, 4) is 5.75 Å². The van der Waals surface area contributed by atoms with E-state index in [9.17, 15) is 14.9 Å². The van der Waals surface area contributed by atoms with Gasteiger partial charge in [-0.05, 0) is 34.2 Å². The molecule has 2 rings (SSSR count). The molecular formula is C12H9N3O5. The molecule has 0 radical (unpaired) electrons. The summed E-state index contributed by atoms with van der Waals surface area (Å²) in [4.78, 5) is 28.2. The lowest BCUT2D eigenvalue weighted by atomic mass is 10.2. The third-order valence-electron chi connectivity index (χ3n) is 2.37. The van der Waals surface area contributed by atoms with Crippen molar-refractivity contribution in [3.63, 3.8) is 0 Å². The van der Waals surface area contributed by atoms with Gasteiger partial charge in [-0.25, -0.2) is 4.79 Å². The first kappa shape index (κ1) is 13.4. The number of rotatable bonds is 5. The number of aromatic carboxylic acids is 1. The van der Waals surface area contributed by atoms with Crippen molar-refractivity contribution in [2.24, 2.45) is 0 Å². The molecule has 1 N–H and O–H groups in total. The zero-order valence-electron chi connectivity index (χ0n) is 10.1. The molecule has 20 heavy (non-hydrogen) atoms. The molecule has 8 nitrogen and oxygen atoms in total. The van der Waals surface area contributed by atoms with Gasteiger partial charge in [-0.15, -0.1) is 0 Å². The maximum atomic E-state index is 10.7. The smallest absolute Gasteiger partial charge is 0.406 e. The third kappa shape index (κ3) is 3.05. The van der Waals surface area contributed by atoms with Gasteiger partial charge in [-0.2, -0.15) is 0 Å². The predicted molar refractivity (Wildman–Crippen MR) is 66.4 cm³/mol. The van der Waals surface area contributed by atoms with Gasteiger partial charge in [0.1, 0.15) is 12.8 Å². The summed E-state index contributed by atoms with van der Waals surface area (Å²) in [5.74, 6) is -1.43. The van der Waals surface area contributed by atoms with E-state index in [0.717, 1.165) is 0 Å². The van der Waals surface area contributed by atoms with Gasteiger partial charge in [0.25, 0.3) is 0 Å². The lowest BCUT2D eigenvalue weighted by Crippen LogP contribution is -2.03. The van der Waals surface area contributed by atoms with E-state index >= 15 is 0 Å². The molecule has 0 atom stereocenters. The van der Waals surface area contributed by atoms with Crippen molar-refractivity contribution in [1.29, 1.82) is 0 Å². The number of pyridine rings is 2. The Morgan fingerprint density at radius 3 is 2.75 bits per heavy atom. The van der Waals surface area contributed by atoms with Crippen molar-refractivity contribution in [3.05, 3.63) is 58.0 Å². The fraction of sp³-hybridized carbons (Fsp3) is 0.0833. The zero-order valence-corrected chi connectivity index (χ0v) is 10.1. The molecule has 0 saturated heterocycles. The second kappa shape index (κ2) is 5.74. The van der Waals surface area contributed by atoms with Crippen LogP contribution in [0.5, 0.6) is 5.75 Å². The van der Waals surface area contributed by atoms with Crippen LogP contribution in [0.3, 0.4) is 0 Å². The number of nitro groups is 1. The number of carboxylic acid groups (broad SMARTS) is 1. The number of hydrogen-bond donors (Lipinski definition) is 1. The van der Waals surface area contributed by atoms with Crippen LogP contribution < -0.4 is 4.74 Å². The van der Waals surface area contributed by atoms with E-state index in [1.54, 1.807) is 0 Å². The van der Waals surface area contributed by atoms with Gasteiger partial charge in [-0.3, -0.25) is 4.98 Å². The summed E-state index contributed by atoms with van der Waals surface area (Å²) in [5.41, 5.74) is 0.509. The fourth-order valence-electron chi connectivity index (χ4n) is 1.42. The Hall–Kier alpha value is -3.03. The normalized spacial score (nSPS) is 10.0. The van der Waals surface area contributed by atoms with E-state index in [0.29, 0.717) is 5.69 Å². The molecule has 0 aliphatic carbocycles. The Bertz CT molecular complexity index is 642. The molecule has 102 valence electrons. The van der Waals surface area contributed by atoms with Gasteiger partial charge in [0.2, 0.25) is 5.75 Å². The molecule has 0 unspecified atom stereocenters. The highest BCUT2D eigenvalue weighted by Crippen LogP contribution is 2.23. The second-order valence-electron chi connectivity index (χ2n) is 3.71. The first-order chi connectivity index (χ1) is 9.58. The van der Waals surface area contributed by atoms with E-state index in [4.69, 9.17) is 9.84 Å². The van der Waals surface area contributed by atoms with Crippen LogP contribution in [0, 0.1) is 10.1 Å². The molecule has 0 spiro atoms. The van der Waals surface area contributed by atoms with E-state index in [1.807, 2.05) is 0 Å². The maximum absolute atomic E-state index is 10.7. The van der Waals surface area contributed by atoms with Crippen molar-refractivity contribution in [2.45, 2.75) is 6.61 Å². The molecule has 0 aliphatic heterocycles. The number of hydrogen-bond acceptors (Lipinski definition) is 6. The van der Waals surface area contributed by atoms with Gasteiger partial charge < -0.3 is 20.0 Å². The molecular weight excluding hydrogens is 266 g/mol. The van der Waals surface area contributed by atoms with Crippen molar-refractivity contribution in [2.75, 3.05) is 0 Å². The number of nitrogens with zero attached hydrogens (tertiary/aromatic N) is 3. The van der Waals surface area contributed by atoms with Crippen LogP contribution in [0.2, 0.25) is 0 Å². The average Bonchev–Trinajstić information content (AvgIpc) is 2.45. The summed E-state index contributed by atoms with van der Waals surface area (Å²) in [6.07, 6.45) is 2.49. The zero-order chi connectivity index (χ0) is 14.5. The van der Waals surface area contributed by atoms with Crippen LogP contribution in [-0.4, -0.2) is 26.0 Å². The van der Waals surface area contributed by atoms with Gasteiger partial charge in [0.05, 0.1) is 11.3 Å². The SMILES string of the molecule is O=C(O)c1ccc(COc2cccnc2[N+](=O)[O-])nc1. The molecule has 0 aliphatic rings. The van der Waals surface area contributed by atoms with E-state index < -0.39 is 10.9 Å². The Morgan fingerprint density at radius 1 is 1.35 bits per heavy atom. The lowest BCUT2D eigenvalue weighted by Gasteiger charge is -2.05. The van der Waals surface area contributed by atoms with Crippen molar-refractivity contribution >= 4 is 11.8 Å². The Kier molecular flexibility index (Phi) is 3.85. The molecule has 0 fully saturated rings. The monoisotopic (exact) mass is 275 g/mol. The number of carboxylic acids is 1. The molecule has 0 aromatic carbocycles. The maximum Gasteiger partial charge on any atom is 0.406 e.